The molecule has 5 nitrogen and oxygen atoms in total. The Morgan fingerprint density at radius 3 is 2.54 bits per heavy atom. The van der Waals surface area contributed by atoms with E-state index >= 15 is 0 Å². The smallest absolute Gasteiger partial charge is 0.308 e. The highest BCUT2D eigenvalue weighted by Gasteiger charge is 2.24. The van der Waals surface area contributed by atoms with Crippen LogP contribution in [0.1, 0.15) is 13.8 Å². The number of halogens is 2. The van der Waals surface area contributed by atoms with Gasteiger partial charge in [-0.2, -0.15) is 0 Å². The molecule has 24 heavy (non-hydrogen) atoms. The van der Waals surface area contributed by atoms with Crippen LogP contribution in [0.2, 0.25) is 10.0 Å². The summed E-state index contributed by atoms with van der Waals surface area (Å²) in [7, 11) is 0. The summed E-state index contributed by atoms with van der Waals surface area (Å²) in [5.74, 6) is 11.4. The van der Waals surface area contributed by atoms with Gasteiger partial charge >= 0.3 is 12.3 Å². The Morgan fingerprint density at radius 1 is 1.29 bits per heavy atom. The largest absolute Gasteiger partial charge is 0.444 e. The van der Waals surface area contributed by atoms with Gasteiger partial charge in [-0.25, -0.2) is 5.84 Å². The summed E-state index contributed by atoms with van der Waals surface area (Å²) < 4.78 is 10.7. The summed E-state index contributed by atoms with van der Waals surface area (Å²) in [6.07, 6.45) is 6.00. The Labute approximate surface area is 150 Å². The molecule has 2 atom stereocenters. The van der Waals surface area contributed by atoms with Crippen LogP contribution in [-0.4, -0.2) is 22.8 Å². The number of nitrogens with zero attached hydrogens (tertiary/aromatic N) is 1. The molecule has 2 N–H and O–H groups in total. The molecule has 0 fully saturated rings. The molecule has 1 aromatic carbocycles. The lowest BCUT2D eigenvalue weighted by atomic mass is 10.00. The molecule has 7 heteroatoms. The van der Waals surface area contributed by atoms with Crippen LogP contribution in [0.5, 0.6) is 5.75 Å². The number of hydrogen-bond acceptors (Lipinski definition) is 5. The monoisotopic (exact) mass is 366 g/mol. The lowest BCUT2D eigenvalue weighted by Crippen LogP contribution is -2.46. The third-order valence-corrected chi connectivity index (χ3v) is 3.55. The number of carbonyl (C=O) groups excluding carboxylic acids is 1. The maximum absolute atomic E-state index is 11.3. The molecule has 0 aromatic heterocycles. The molecule has 0 bridgehead atoms. The molecule has 0 saturated carbocycles. The summed E-state index contributed by atoms with van der Waals surface area (Å²) in [6.45, 7) is 3.09. The van der Waals surface area contributed by atoms with E-state index < -0.39 is 17.8 Å². The van der Waals surface area contributed by atoms with E-state index in [4.69, 9.17) is 38.5 Å². The Bertz CT molecular complexity index is 732. The SMILES string of the molecule is CC(=O)OC(C#CC1(C)C=CC=CN1N)Oc1cc(Cl)cc(Cl)c1. The molecule has 1 heterocycles. The van der Waals surface area contributed by atoms with Crippen LogP contribution in [-0.2, 0) is 9.53 Å². The highest BCUT2D eigenvalue weighted by Crippen LogP contribution is 2.25. The van der Waals surface area contributed by atoms with Crippen molar-refractivity contribution >= 4 is 29.2 Å². The molecule has 0 spiro atoms. The lowest BCUT2D eigenvalue weighted by Gasteiger charge is -2.31. The number of benzene rings is 1. The molecule has 1 aliphatic heterocycles. The number of carbonyl (C=O) groups is 1. The minimum Gasteiger partial charge on any atom is -0.444 e. The van der Waals surface area contributed by atoms with E-state index in [1.807, 2.05) is 19.1 Å². The maximum Gasteiger partial charge on any atom is 0.308 e. The van der Waals surface area contributed by atoms with Crippen LogP contribution in [0.3, 0.4) is 0 Å². The van der Waals surface area contributed by atoms with Gasteiger partial charge in [-0.1, -0.05) is 35.2 Å². The van der Waals surface area contributed by atoms with E-state index in [-0.39, 0.29) is 0 Å². The van der Waals surface area contributed by atoms with Gasteiger partial charge < -0.3 is 9.47 Å². The zero-order valence-corrected chi connectivity index (χ0v) is 14.6. The molecule has 0 amide bonds. The van der Waals surface area contributed by atoms with Crippen molar-refractivity contribution in [2.24, 2.45) is 5.84 Å². The van der Waals surface area contributed by atoms with E-state index in [1.165, 1.54) is 11.9 Å². The van der Waals surface area contributed by atoms with Gasteiger partial charge in [-0.15, -0.1) is 0 Å². The van der Waals surface area contributed by atoms with Gasteiger partial charge in [0.15, 0.2) is 0 Å². The summed E-state index contributed by atoms with van der Waals surface area (Å²) in [5.41, 5.74) is -0.748. The van der Waals surface area contributed by atoms with Gasteiger partial charge in [0.05, 0.1) is 0 Å². The molecule has 2 rings (SSSR count). The molecule has 1 aliphatic rings. The molecule has 1 aromatic rings. The molecule has 0 saturated heterocycles. The highest BCUT2D eigenvalue weighted by molar-refractivity contribution is 6.34. The van der Waals surface area contributed by atoms with Gasteiger partial charge in [0.2, 0.25) is 0 Å². The highest BCUT2D eigenvalue weighted by atomic mass is 35.5. The third-order valence-electron chi connectivity index (χ3n) is 3.11. The number of ether oxygens (including phenoxy) is 2. The van der Waals surface area contributed by atoms with E-state index in [9.17, 15) is 4.79 Å². The van der Waals surface area contributed by atoms with Crippen molar-refractivity contribution in [2.45, 2.75) is 25.7 Å². The van der Waals surface area contributed by atoms with Gasteiger partial charge in [-0.05, 0) is 43.2 Å². The van der Waals surface area contributed by atoms with E-state index in [2.05, 4.69) is 11.8 Å². The van der Waals surface area contributed by atoms with Crippen molar-refractivity contribution in [3.63, 3.8) is 0 Å². The minimum absolute atomic E-state index is 0.335. The number of hydrazine groups is 1. The normalized spacial score (nSPS) is 20.1. The number of nitrogens with two attached hydrogens (primary N) is 1. The quantitative estimate of drug-likeness (QED) is 0.384. The van der Waals surface area contributed by atoms with Gasteiger partial charge in [0, 0.05) is 23.2 Å². The Hall–Kier alpha value is -2.13. The van der Waals surface area contributed by atoms with Crippen molar-refractivity contribution in [3.05, 3.63) is 52.7 Å². The average Bonchev–Trinajstić information content (AvgIpc) is 2.47. The second-order valence-electron chi connectivity index (χ2n) is 5.19. The van der Waals surface area contributed by atoms with Crippen molar-refractivity contribution in [1.82, 2.24) is 5.01 Å². The number of hydrogen-bond donors (Lipinski definition) is 1. The fourth-order valence-corrected chi connectivity index (χ4v) is 2.40. The molecular weight excluding hydrogens is 351 g/mol. The molecule has 0 radical (unpaired) electrons. The fourth-order valence-electron chi connectivity index (χ4n) is 1.89. The first-order valence-electron chi connectivity index (χ1n) is 7.01. The first-order chi connectivity index (χ1) is 11.3. The average molecular weight is 367 g/mol. The third kappa shape index (κ3) is 4.93. The van der Waals surface area contributed by atoms with Crippen molar-refractivity contribution in [1.29, 1.82) is 0 Å². The van der Waals surface area contributed by atoms with Crippen LogP contribution in [0.4, 0.5) is 0 Å². The van der Waals surface area contributed by atoms with Crippen LogP contribution >= 0.6 is 23.2 Å². The Kier molecular flexibility index (Phi) is 5.79. The summed E-state index contributed by atoms with van der Waals surface area (Å²) in [4.78, 5) is 11.3. The summed E-state index contributed by atoms with van der Waals surface area (Å²) >= 11 is 11.9. The van der Waals surface area contributed by atoms with Crippen molar-refractivity contribution in [3.8, 4) is 17.6 Å². The fraction of sp³-hybridized carbons (Fsp3) is 0.235. The van der Waals surface area contributed by atoms with E-state index in [0.29, 0.717) is 15.8 Å². The minimum atomic E-state index is -1.12. The maximum atomic E-state index is 11.3. The molecular formula is C17H16Cl2N2O3. The van der Waals surface area contributed by atoms with Gasteiger partial charge in [0.25, 0.3) is 0 Å². The summed E-state index contributed by atoms with van der Waals surface area (Å²) in [6, 6.07) is 4.66. The number of esters is 1. The summed E-state index contributed by atoms with van der Waals surface area (Å²) in [5, 5.41) is 2.24. The van der Waals surface area contributed by atoms with Crippen LogP contribution in [0, 0.1) is 11.8 Å². The number of rotatable bonds is 3. The molecule has 0 aliphatic carbocycles. The zero-order chi connectivity index (χ0) is 17.7. The molecule has 2 unspecified atom stereocenters. The first kappa shape index (κ1) is 18.2. The predicted octanol–water partition coefficient (Wildman–Crippen LogP) is 3.28. The van der Waals surface area contributed by atoms with Crippen molar-refractivity contribution < 1.29 is 14.3 Å². The second kappa shape index (κ2) is 7.63. The topological polar surface area (TPSA) is 64.8 Å². The zero-order valence-electron chi connectivity index (χ0n) is 13.1. The second-order valence-corrected chi connectivity index (χ2v) is 6.06. The van der Waals surface area contributed by atoms with Gasteiger partial charge in [0.1, 0.15) is 11.3 Å². The van der Waals surface area contributed by atoms with E-state index in [1.54, 1.807) is 30.5 Å². The van der Waals surface area contributed by atoms with E-state index in [0.717, 1.165) is 0 Å². The number of allylic oxidation sites excluding steroid dienone is 2. The van der Waals surface area contributed by atoms with Crippen LogP contribution in [0.15, 0.2) is 42.6 Å². The van der Waals surface area contributed by atoms with Gasteiger partial charge in [-0.3, -0.25) is 9.80 Å². The first-order valence-corrected chi connectivity index (χ1v) is 7.77. The van der Waals surface area contributed by atoms with Crippen LogP contribution in [0.25, 0.3) is 0 Å². The van der Waals surface area contributed by atoms with Crippen molar-refractivity contribution in [2.75, 3.05) is 0 Å². The predicted molar refractivity (Wildman–Crippen MR) is 93.1 cm³/mol. The Morgan fingerprint density at radius 2 is 1.96 bits per heavy atom. The lowest BCUT2D eigenvalue weighted by molar-refractivity contribution is -0.154. The molecule has 126 valence electrons. The Balaban J connectivity index is 2.23. The van der Waals surface area contributed by atoms with Crippen LogP contribution < -0.4 is 10.6 Å². The standard InChI is InChI=1S/C17H16Cl2N2O3/c1-12(22)23-16(24-15-10-13(18)9-14(19)11-15)5-7-17(2)6-3-4-8-21(17)20/h3-4,6,8-11,16H,20H2,1-2H3.